The van der Waals surface area contributed by atoms with Crippen molar-refractivity contribution in [3.8, 4) is 5.88 Å². The minimum absolute atomic E-state index is 0.0389. The van der Waals surface area contributed by atoms with Gasteiger partial charge in [0, 0.05) is 43.3 Å². The lowest BCUT2D eigenvalue weighted by molar-refractivity contribution is -0.132. The summed E-state index contributed by atoms with van der Waals surface area (Å²) in [5, 5.41) is 4.94. The minimum Gasteiger partial charge on any atom is -0.473 e. The van der Waals surface area contributed by atoms with Crippen molar-refractivity contribution < 1.29 is 14.1 Å². The van der Waals surface area contributed by atoms with Gasteiger partial charge in [-0.15, -0.1) is 0 Å². The molecule has 4 rings (SSSR count). The number of likely N-dealkylation sites (tertiary alicyclic amines) is 1. The van der Waals surface area contributed by atoms with Gasteiger partial charge in [0.05, 0.1) is 23.0 Å². The first-order chi connectivity index (χ1) is 14.5. The van der Waals surface area contributed by atoms with Gasteiger partial charge in [0.25, 0.3) is 5.88 Å². The molecule has 0 bridgehead atoms. The van der Waals surface area contributed by atoms with Crippen molar-refractivity contribution >= 4 is 22.5 Å². The van der Waals surface area contributed by atoms with Crippen LogP contribution in [0.1, 0.15) is 50.5 Å². The van der Waals surface area contributed by atoms with Crippen LogP contribution < -0.4 is 10.5 Å². The SMILES string of the molecule is CC(C)Oc1cc(CCC(=O)N2CCC(c3nc4ccccc4cc3N)CC2)on1. The van der Waals surface area contributed by atoms with Gasteiger partial charge in [0.2, 0.25) is 5.91 Å². The highest BCUT2D eigenvalue weighted by Crippen LogP contribution is 2.32. The fraction of sp³-hybridized carbons (Fsp3) is 0.435. The number of nitrogens with two attached hydrogens (primary N) is 1. The molecule has 1 amide bonds. The molecule has 2 aromatic heterocycles. The molecule has 30 heavy (non-hydrogen) atoms. The Kier molecular flexibility index (Phi) is 5.88. The van der Waals surface area contributed by atoms with E-state index >= 15 is 0 Å². The van der Waals surface area contributed by atoms with Crippen molar-refractivity contribution in [2.75, 3.05) is 18.8 Å². The molecule has 7 nitrogen and oxygen atoms in total. The molecule has 1 fully saturated rings. The maximum Gasteiger partial charge on any atom is 0.254 e. The third kappa shape index (κ3) is 4.56. The Labute approximate surface area is 176 Å². The van der Waals surface area contributed by atoms with Gasteiger partial charge in [-0.1, -0.05) is 18.2 Å². The fourth-order valence-corrected chi connectivity index (χ4v) is 3.97. The van der Waals surface area contributed by atoms with Crippen LogP contribution in [0.25, 0.3) is 10.9 Å². The second kappa shape index (κ2) is 8.73. The van der Waals surface area contributed by atoms with Gasteiger partial charge in [0.1, 0.15) is 5.76 Å². The van der Waals surface area contributed by atoms with Gasteiger partial charge in [-0.05, 0) is 44.0 Å². The molecule has 1 aliphatic rings. The van der Waals surface area contributed by atoms with Gasteiger partial charge in [-0.25, -0.2) is 0 Å². The summed E-state index contributed by atoms with van der Waals surface area (Å²) in [7, 11) is 0. The van der Waals surface area contributed by atoms with Crippen LogP contribution in [0.15, 0.2) is 40.9 Å². The number of pyridine rings is 1. The number of rotatable bonds is 6. The van der Waals surface area contributed by atoms with Crippen LogP contribution in [0.4, 0.5) is 5.69 Å². The van der Waals surface area contributed by atoms with E-state index in [1.807, 2.05) is 49.1 Å². The maximum absolute atomic E-state index is 12.6. The number of benzene rings is 1. The van der Waals surface area contributed by atoms with Gasteiger partial charge in [-0.3, -0.25) is 9.78 Å². The summed E-state index contributed by atoms with van der Waals surface area (Å²) in [6.45, 7) is 5.30. The zero-order valence-corrected chi connectivity index (χ0v) is 17.5. The lowest BCUT2D eigenvalue weighted by atomic mass is 9.91. The molecule has 0 spiro atoms. The molecule has 1 aromatic carbocycles. The Morgan fingerprint density at radius 1 is 1.27 bits per heavy atom. The van der Waals surface area contributed by atoms with Gasteiger partial charge >= 0.3 is 0 Å². The predicted octanol–water partition coefficient (Wildman–Crippen LogP) is 3.93. The third-order valence-corrected chi connectivity index (χ3v) is 5.50. The Morgan fingerprint density at radius 3 is 2.80 bits per heavy atom. The van der Waals surface area contributed by atoms with Crippen LogP contribution in [-0.4, -0.2) is 40.1 Å². The van der Waals surface area contributed by atoms with Gasteiger partial charge in [-0.2, -0.15) is 0 Å². The summed E-state index contributed by atoms with van der Waals surface area (Å²) >= 11 is 0. The van der Waals surface area contributed by atoms with Crippen molar-refractivity contribution in [1.29, 1.82) is 0 Å². The number of fused-ring (bicyclic) bond motifs is 1. The van der Waals surface area contributed by atoms with E-state index in [0.717, 1.165) is 48.2 Å². The molecular weight excluding hydrogens is 380 g/mol. The van der Waals surface area contributed by atoms with Crippen LogP contribution in [0.5, 0.6) is 5.88 Å². The average molecular weight is 409 g/mol. The second-order valence-corrected chi connectivity index (χ2v) is 8.11. The molecule has 3 aromatic rings. The van der Waals surface area contributed by atoms with E-state index in [4.69, 9.17) is 20.0 Å². The third-order valence-electron chi connectivity index (χ3n) is 5.50. The summed E-state index contributed by atoms with van der Waals surface area (Å²) in [5.74, 6) is 1.55. The predicted molar refractivity (Wildman–Crippen MR) is 115 cm³/mol. The smallest absolute Gasteiger partial charge is 0.254 e. The van der Waals surface area contributed by atoms with E-state index in [1.165, 1.54) is 0 Å². The maximum atomic E-state index is 12.6. The van der Waals surface area contributed by atoms with E-state index in [0.29, 0.717) is 24.5 Å². The molecule has 0 unspecified atom stereocenters. The van der Waals surface area contributed by atoms with E-state index in [1.54, 1.807) is 6.07 Å². The van der Waals surface area contributed by atoms with Crippen LogP contribution in [0, 0.1) is 0 Å². The molecule has 2 N–H and O–H groups in total. The van der Waals surface area contributed by atoms with Crippen molar-refractivity contribution in [3.05, 3.63) is 47.9 Å². The van der Waals surface area contributed by atoms with Crippen molar-refractivity contribution in [2.45, 2.75) is 51.6 Å². The number of aromatic nitrogens is 2. The molecule has 0 saturated carbocycles. The number of carbonyl (C=O) groups excluding carboxylic acids is 1. The van der Waals surface area contributed by atoms with Crippen LogP contribution in [0.3, 0.4) is 0 Å². The molecule has 1 aliphatic heterocycles. The quantitative estimate of drug-likeness (QED) is 0.664. The molecule has 0 radical (unpaired) electrons. The average Bonchev–Trinajstić information content (AvgIpc) is 3.18. The minimum atomic E-state index is 0.0389. The number of ether oxygens (including phenoxy) is 1. The van der Waals surface area contributed by atoms with Crippen molar-refractivity contribution in [1.82, 2.24) is 15.0 Å². The Morgan fingerprint density at radius 2 is 2.03 bits per heavy atom. The van der Waals surface area contributed by atoms with E-state index in [2.05, 4.69) is 5.16 Å². The Hall–Kier alpha value is -3.09. The number of carbonyl (C=O) groups is 1. The fourth-order valence-electron chi connectivity index (χ4n) is 3.97. The molecule has 158 valence electrons. The molecule has 7 heteroatoms. The number of hydrogen-bond donors (Lipinski definition) is 1. The lowest BCUT2D eigenvalue weighted by Crippen LogP contribution is -2.38. The summed E-state index contributed by atoms with van der Waals surface area (Å²) in [6, 6.07) is 11.8. The largest absolute Gasteiger partial charge is 0.473 e. The second-order valence-electron chi connectivity index (χ2n) is 8.11. The zero-order valence-electron chi connectivity index (χ0n) is 17.5. The first-order valence-electron chi connectivity index (χ1n) is 10.5. The molecular formula is C23H28N4O3. The number of nitrogen functional groups attached to an aromatic ring is 1. The number of piperidine rings is 1. The Bertz CT molecular complexity index is 1020. The highest BCUT2D eigenvalue weighted by molar-refractivity contribution is 5.82. The van der Waals surface area contributed by atoms with E-state index < -0.39 is 0 Å². The van der Waals surface area contributed by atoms with Crippen molar-refractivity contribution in [2.24, 2.45) is 0 Å². The first-order valence-corrected chi connectivity index (χ1v) is 10.5. The van der Waals surface area contributed by atoms with Gasteiger partial charge in [0.15, 0.2) is 0 Å². The Balaban J connectivity index is 1.31. The van der Waals surface area contributed by atoms with E-state index in [-0.39, 0.29) is 17.9 Å². The summed E-state index contributed by atoms with van der Waals surface area (Å²) in [5.41, 5.74) is 8.95. The number of hydrogen-bond acceptors (Lipinski definition) is 6. The number of amides is 1. The molecule has 0 aliphatic carbocycles. The van der Waals surface area contributed by atoms with Gasteiger partial charge < -0.3 is 19.9 Å². The standard InChI is InChI=1S/C23H28N4O3/c1-15(2)29-21-14-18(30-26-21)7-8-22(28)27-11-9-16(10-12-27)23-19(24)13-17-5-3-4-6-20(17)25-23/h3-6,13-16H,7-12,24H2,1-2H3. The monoisotopic (exact) mass is 408 g/mol. The number of anilines is 1. The van der Waals surface area contributed by atoms with Crippen molar-refractivity contribution in [3.63, 3.8) is 0 Å². The molecule has 1 saturated heterocycles. The normalized spacial score (nSPS) is 15.1. The number of nitrogens with zero attached hydrogens (tertiary/aromatic N) is 3. The highest BCUT2D eigenvalue weighted by atomic mass is 16.5. The topological polar surface area (TPSA) is 94.5 Å². The van der Waals surface area contributed by atoms with Crippen LogP contribution in [-0.2, 0) is 11.2 Å². The molecule has 3 heterocycles. The highest BCUT2D eigenvalue weighted by Gasteiger charge is 2.26. The number of para-hydroxylation sites is 1. The van der Waals surface area contributed by atoms with Crippen LogP contribution in [0.2, 0.25) is 0 Å². The lowest BCUT2D eigenvalue weighted by Gasteiger charge is -2.32. The van der Waals surface area contributed by atoms with E-state index in [9.17, 15) is 4.79 Å². The first kappa shape index (κ1) is 20.2. The zero-order chi connectivity index (χ0) is 21.1. The molecule has 0 atom stereocenters. The summed E-state index contributed by atoms with van der Waals surface area (Å²) in [4.78, 5) is 19.4. The number of aryl methyl sites for hydroxylation is 1. The summed E-state index contributed by atoms with van der Waals surface area (Å²) < 4.78 is 10.8. The summed E-state index contributed by atoms with van der Waals surface area (Å²) in [6.07, 6.45) is 2.70. The van der Waals surface area contributed by atoms with Crippen LogP contribution >= 0.6 is 0 Å².